The fourth-order valence-corrected chi connectivity index (χ4v) is 2.24. The number of benzene rings is 1. The number of rotatable bonds is 6. The average Bonchev–Trinajstić information content (AvgIpc) is 2.89. The maximum Gasteiger partial charge on any atom is 0.119 e. The highest BCUT2D eigenvalue weighted by molar-refractivity contribution is 9.10. The molecule has 1 aromatic heterocycles. The van der Waals surface area contributed by atoms with Crippen molar-refractivity contribution in [3.8, 4) is 5.75 Å². The lowest BCUT2D eigenvalue weighted by molar-refractivity contribution is 0.298. The summed E-state index contributed by atoms with van der Waals surface area (Å²) in [6.07, 6.45) is 4.16. The minimum atomic E-state index is 0.101. The Balaban J connectivity index is 1.84. The number of nitrogens with two attached hydrogens (primary N) is 1. The van der Waals surface area contributed by atoms with Gasteiger partial charge in [-0.05, 0) is 41.8 Å². The molecule has 0 amide bonds. The molecule has 1 atom stereocenters. The lowest BCUT2D eigenvalue weighted by Gasteiger charge is -2.13. The molecule has 0 radical (unpaired) electrons. The van der Waals surface area contributed by atoms with Crippen molar-refractivity contribution < 1.29 is 4.74 Å². The van der Waals surface area contributed by atoms with Crippen LogP contribution in [0, 0.1) is 5.92 Å². The standard InChI is InChI=1S/C16H21BrN2O/c1-12(2)16(18)13-7-8-19(11-13)9-10-20-15-5-3-14(17)4-6-15/h3-8,11-12,16H,9-10,18H2,1-2H3. The van der Waals surface area contributed by atoms with Gasteiger partial charge in [0.15, 0.2) is 0 Å². The summed E-state index contributed by atoms with van der Waals surface area (Å²) in [7, 11) is 0. The predicted molar refractivity (Wildman–Crippen MR) is 85.8 cm³/mol. The topological polar surface area (TPSA) is 40.2 Å². The third kappa shape index (κ3) is 4.12. The normalized spacial score (nSPS) is 12.7. The van der Waals surface area contributed by atoms with E-state index in [4.69, 9.17) is 10.5 Å². The van der Waals surface area contributed by atoms with Crippen LogP contribution < -0.4 is 10.5 Å². The smallest absolute Gasteiger partial charge is 0.119 e. The summed E-state index contributed by atoms with van der Waals surface area (Å²) >= 11 is 3.41. The lowest BCUT2D eigenvalue weighted by Crippen LogP contribution is -2.16. The van der Waals surface area contributed by atoms with Crippen LogP contribution in [0.25, 0.3) is 0 Å². The molecule has 0 saturated carbocycles. The van der Waals surface area contributed by atoms with Crippen LogP contribution in [-0.4, -0.2) is 11.2 Å². The van der Waals surface area contributed by atoms with Gasteiger partial charge >= 0.3 is 0 Å². The zero-order valence-electron chi connectivity index (χ0n) is 11.9. The van der Waals surface area contributed by atoms with Gasteiger partial charge in [0, 0.05) is 22.9 Å². The molecule has 20 heavy (non-hydrogen) atoms. The maximum absolute atomic E-state index is 6.14. The van der Waals surface area contributed by atoms with Gasteiger partial charge in [0.05, 0.1) is 6.54 Å². The highest BCUT2D eigenvalue weighted by Crippen LogP contribution is 2.19. The largest absolute Gasteiger partial charge is 0.492 e. The van der Waals surface area contributed by atoms with Gasteiger partial charge in [-0.25, -0.2) is 0 Å². The third-order valence-electron chi connectivity index (χ3n) is 3.31. The molecule has 0 aliphatic rings. The van der Waals surface area contributed by atoms with Crippen LogP contribution in [0.4, 0.5) is 0 Å². The highest BCUT2D eigenvalue weighted by Gasteiger charge is 2.11. The molecule has 108 valence electrons. The van der Waals surface area contributed by atoms with Crippen LogP contribution in [0.5, 0.6) is 5.75 Å². The van der Waals surface area contributed by atoms with E-state index in [0.717, 1.165) is 16.8 Å². The van der Waals surface area contributed by atoms with Crippen molar-refractivity contribution in [3.05, 3.63) is 52.8 Å². The first-order valence-corrected chi connectivity index (χ1v) is 7.65. The number of halogens is 1. The Morgan fingerprint density at radius 3 is 2.55 bits per heavy atom. The van der Waals surface area contributed by atoms with Crippen molar-refractivity contribution >= 4 is 15.9 Å². The summed E-state index contributed by atoms with van der Waals surface area (Å²) in [5.41, 5.74) is 7.32. The molecular weight excluding hydrogens is 316 g/mol. The number of ether oxygens (including phenoxy) is 1. The number of aromatic nitrogens is 1. The van der Waals surface area contributed by atoms with E-state index in [1.54, 1.807) is 0 Å². The van der Waals surface area contributed by atoms with Crippen LogP contribution in [0.1, 0.15) is 25.5 Å². The molecule has 0 bridgehead atoms. The molecule has 1 heterocycles. The first-order chi connectivity index (χ1) is 9.56. The van der Waals surface area contributed by atoms with Crippen molar-refractivity contribution in [2.45, 2.75) is 26.4 Å². The van der Waals surface area contributed by atoms with Crippen LogP contribution in [0.2, 0.25) is 0 Å². The summed E-state index contributed by atoms with van der Waals surface area (Å²) in [6.45, 7) is 5.74. The van der Waals surface area contributed by atoms with Gasteiger partial charge in [-0.15, -0.1) is 0 Å². The zero-order valence-corrected chi connectivity index (χ0v) is 13.5. The van der Waals surface area contributed by atoms with Crippen molar-refractivity contribution in [2.24, 2.45) is 11.7 Å². The third-order valence-corrected chi connectivity index (χ3v) is 3.84. The van der Waals surface area contributed by atoms with E-state index >= 15 is 0 Å². The van der Waals surface area contributed by atoms with E-state index in [9.17, 15) is 0 Å². The van der Waals surface area contributed by atoms with Gasteiger partial charge in [-0.2, -0.15) is 0 Å². The summed E-state index contributed by atoms with van der Waals surface area (Å²) in [5.74, 6) is 1.34. The van der Waals surface area contributed by atoms with E-state index in [0.29, 0.717) is 12.5 Å². The molecule has 0 spiro atoms. The Labute approximate surface area is 128 Å². The van der Waals surface area contributed by atoms with Gasteiger partial charge in [0.1, 0.15) is 12.4 Å². The number of hydrogen-bond donors (Lipinski definition) is 1. The Hall–Kier alpha value is -1.26. The molecule has 2 aromatic rings. The van der Waals surface area contributed by atoms with Gasteiger partial charge in [0.2, 0.25) is 0 Å². The van der Waals surface area contributed by atoms with Crippen LogP contribution in [0.3, 0.4) is 0 Å². The first-order valence-electron chi connectivity index (χ1n) is 6.86. The second-order valence-corrected chi connectivity index (χ2v) is 6.17. The van der Waals surface area contributed by atoms with E-state index in [-0.39, 0.29) is 6.04 Å². The van der Waals surface area contributed by atoms with Crippen LogP contribution in [-0.2, 0) is 6.54 Å². The van der Waals surface area contributed by atoms with Crippen LogP contribution in [0.15, 0.2) is 47.2 Å². The number of nitrogens with zero attached hydrogens (tertiary/aromatic N) is 1. The Kier molecular flexibility index (Phi) is 5.26. The van der Waals surface area contributed by atoms with Gasteiger partial charge in [-0.3, -0.25) is 0 Å². The quantitative estimate of drug-likeness (QED) is 0.866. The predicted octanol–water partition coefficient (Wildman–Crippen LogP) is 3.99. The minimum absolute atomic E-state index is 0.101. The molecule has 0 fully saturated rings. The molecular formula is C16H21BrN2O. The monoisotopic (exact) mass is 336 g/mol. The highest BCUT2D eigenvalue weighted by atomic mass is 79.9. The van der Waals surface area contributed by atoms with Crippen molar-refractivity contribution in [1.29, 1.82) is 0 Å². The van der Waals surface area contributed by atoms with E-state index in [1.165, 1.54) is 5.56 Å². The molecule has 0 aliphatic heterocycles. The Morgan fingerprint density at radius 2 is 1.90 bits per heavy atom. The van der Waals surface area contributed by atoms with E-state index in [2.05, 4.69) is 52.8 Å². The molecule has 0 saturated heterocycles. The fraction of sp³-hybridized carbons (Fsp3) is 0.375. The molecule has 4 heteroatoms. The number of hydrogen-bond acceptors (Lipinski definition) is 2. The van der Waals surface area contributed by atoms with Gasteiger partial charge in [0.25, 0.3) is 0 Å². The molecule has 2 N–H and O–H groups in total. The summed E-state index contributed by atoms with van der Waals surface area (Å²) in [5, 5.41) is 0. The molecule has 1 unspecified atom stereocenters. The first kappa shape index (κ1) is 15.1. The van der Waals surface area contributed by atoms with Crippen molar-refractivity contribution in [3.63, 3.8) is 0 Å². The summed E-state index contributed by atoms with van der Waals surface area (Å²) < 4.78 is 8.89. The molecule has 3 nitrogen and oxygen atoms in total. The fourth-order valence-electron chi connectivity index (χ4n) is 1.98. The summed E-state index contributed by atoms with van der Waals surface area (Å²) in [6, 6.07) is 10.1. The average molecular weight is 337 g/mol. The second-order valence-electron chi connectivity index (χ2n) is 5.25. The van der Waals surface area contributed by atoms with E-state index in [1.807, 2.05) is 24.3 Å². The van der Waals surface area contributed by atoms with Crippen molar-refractivity contribution in [1.82, 2.24) is 4.57 Å². The van der Waals surface area contributed by atoms with Crippen LogP contribution >= 0.6 is 15.9 Å². The SMILES string of the molecule is CC(C)C(N)c1ccn(CCOc2ccc(Br)cc2)c1. The Morgan fingerprint density at radius 1 is 1.20 bits per heavy atom. The minimum Gasteiger partial charge on any atom is -0.492 e. The van der Waals surface area contributed by atoms with Gasteiger partial charge in [-0.1, -0.05) is 29.8 Å². The van der Waals surface area contributed by atoms with Gasteiger partial charge < -0.3 is 15.0 Å². The second kappa shape index (κ2) is 6.95. The Bertz CT molecular complexity index is 534. The van der Waals surface area contributed by atoms with Crippen molar-refractivity contribution in [2.75, 3.05) is 6.61 Å². The molecule has 1 aromatic carbocycles. The lowest BCUT2D eigenvalue weighted by atomic mass is 10.00. The zero-order chi connectivity index (χ0) is 14.5. The molecule has 2 rings (SSSR count). The summed E-state index contributed by atoms with van der Waals surface area (Å²) in [4.78, 5) is 0. The molecule has 0 aliphatic carbocycles. The maximum atomic E-state index is 6.14. The van der Waals surface area contributed by atoms with E-state index < -0.39 is 0 Å².